The lowest BCUT2D eigenvalue weighted by atomic mass is 10.1. The lowest BCUT2D eigenvalue weighted by Gasteiger charge is -2.13. The molecule has 0 bridgehead atoms. The maximum absolute atomic E-state index is 11.9. The first-order valence-corrected chi connectivity index (χ1v) is 5.87. The van der Waals surface area contributed by atoms with Crippen molar-refractivity contribution < 1.29 is 9.32 Å². The van der Waals surface area contributed by atoms with Crippen molar-refractivity contribution >= 4 is 5.91 Å². The average molecular weight is 244 g/mol. The van der Waals surface area contributed by atoms with E-state index in [9.17, 15) is 4.79 Å². The van der Waals surface area contributed by atoms with Crippen LogP contribution in [0, 0.1) is 13.8 Å². The van der Waals surface area contributed by atoms with Crippen LogP contribution in [-0.2, 0) is 0 Å². The quantitative estimate of drug-likeness (QED) is 0.903. The van der Waals surface area contributed by atoms with Gasteiger partial charge in [0.05, 0.1) is 6.04 Å². The topological polar surface area (TPSA) is 55.1 Å². The Hall–Kier alpha value is -2.10. The van der Waals surface area contributed by atoms with Crippen molar-refractivity contribution in [2.24, 2.45) is 0 Å². The Morgan fingerprint density at radius 2 is 1.94 bits per heavy atom. The minimum absolute atomic E-state index is 0.0601. The Labute approximate surface area is 106 Å². The third-order valence-corrected chi connectivity index (χ3v) is 2.79. The van der Waals surface area contributed by atoms with E-state index < -0.39 is 0 Å². The highest BCUT2D eigenvalue weighted by Gasteiger charge is 2.14. The number of amides is 1. The molecular formula is C14H16N2O2. The second-order valence-electron chi connectivity index (χ2n) is 4.43. The zero-order chi connectivity index (χ0) is 13.1. The molecule has 1 N–H and O–H groups in total. The molecule has 1 heterocycles. The number of rotatable bonds is 3. The van der Waals surface area contributed by atoms with Crippen molar-refractivity contribution in [2.45, 2.75) is 26.8 Å². The molecule has 2 aromatic rings. The van der Waals surface area contributed by atoms with Crippen LogP contribution in [-0.4, -0.2) is 11.1 Å². The van der Waals surface area contributed by atoms with Crippen LogP contribution < -0.4 is 5.32 Å². The molecule has 4 nitrogen and oxygen atoms in total. The molecule has 0 fully saturated rings. The van der Waals surface area contributed by atoms with Crippen LogP contribution in [0.5, 0.6) is 0 Å². The molecule has 18 heavy (non-hydrogen) atoms. The van der Waals surface area contributed by atoms with Gasteiger partial charge in [-0.25, -0.2) is 0 Å². The van der Waals surface area contributed by atoms with E-state index in [1.807, 2.05) is 38.1 Å². The Kier molecular flexibility index (Phi) is 3.46. The lowest BCUT2D eigenvalue weighted by molar-refractivity contribution is 0.0930. The normalized spacial score (nSPS) is 12.2. The molecule has 0 radical (unpaired) electrons. The first-order chi connectivity index (χ1) is 8.56. The Morgan fingerprint density at radius 1 is 1.28 bits per heavy atom. The standard InChI is InChI=1S/C14H16N2O2/c1-9-4-6-12(7-5-9)11(3)15-14(17)13-8-10(2)18-16-13/h4-8,11H,1-3H3,(H,15,17)/t11-/m0/s1. The number of aromatic nitrogens is 1. The Balaban J connectivity index is 2.05. The van der Waals surface area contributed by atoms with Crippen molar-refractivity contribution in [2.75, 3.05) is 0 Å². The second-order valence-corrected chi connectivity index (χ2v) is 4.43. The molecule has 94 valence electrons. The van der Waals surface area contributed by atoms with Gasteiger partial charge in [0.1, 0.15) is 5.76 Å². The van der Waals surface area contributed by atoms with Crippen LogP contribution >= 0.6 is 0 Å². The van der Waals surface area contributed by atoms with Crippen LogP contribution in [0.4, 0.5) is 0 Å². The van der Waals surface area contributed by atoms with Gasteiger partial charge in [0, 0.05) is 6.07 Å². The fraction of sp³-hybridized carbons (Fsp3) is 0.286. The summed E-state index contributed by atoms with van der Waals surface area (Å²) in [4.78, 5) is 11.9. The minimum Gasteiger partial charge on any atom is -0.361 e. The fourth-order valence-electron chi connectivity index (χ4n) is 1.68. The van der Waals surface area contributed by atoms with Gasteiger partial charge in [-0.05, 0) is 26.3 Å². The summed E-state index contributed by atoms with van der Waals surface area (Å²) in [5.74, 6) is 0.406. The van der Waals surface area contributed by atoms with Crippen molar-refractivity contribution in [1.29, 1.82) is 0 Å². The van der Waals surface area contributed by atoms with Crippen molar-refractivity contribution in [3.8, 4) is 0 Å². The van der Waals surface area contributed by atoms with Crippen molar-refractivity contribution in [1.82, 2.24) is 10.5 Å². The SMILES string of the molecule is Cc1ccc([C@H](C)NC(=O)c2cc(C)on2)cc1. The predicted octanol–water partition coefficient (Wildman–Crippen LogP) is 2.78. The fourth-order valence-corrected chi connectivity index (χ4v) is 1.68. The smallest absolute Gasteiger partial charge is 0.273 e. The molecule has 0 aliphatic heterocycles. The highest BCUT2D eigenvalue weighted by molar-refractivity contribution is 5.92. The number of hydrogen-bond acceptors (Lipinski definition) is 3. The van der Waals surface area contributed by atoms with E-state index in [4.69, 9.17) is 4.52 Å². The van der Waals surface area contributed by atoms with E-state index in [-0.39, 0.29) is 11.9 Å². The molecular weight excluding hydrogens is 228 g/mol. The van der Waals surface area contributed by atoms with Gasteiger partial charge in [-0.2, -0.15) is 0 Å². The van der Waals surface area contributed by atoms with E-state index >= 15 is 0 Å². The molecule has 0 saturated heterocycles. The molecule has 0 unspecified atom stereocenters. The predicted molar refractivity (Wildman–Crippen MR) is 68.3 cm³/mol. The summed E-state index contributed by atoms with van der Waals surface area (Å²) in [5.41, 5.74) is 2.57. The molecule has 0 aliphatic rings. The molecule has 1 aromatic heterocycles. The van der Waals surface area contributed by atoms with Crippen LogP contribution in [0.2, 0.25) is 0 Å². The molecule has 4 heteroatoms. The van der Waals surface area contributed by atoms with Crippen LogP contribution in [0.1, 0.15) is 40.3 Å². The lowest BCUT2D eigenvalue weighted by Crippen LogP contribution is -2.26. The van der Waals surface area contributed by atoms with Gasteiger partial charge in [0.15, 0.2) is 5.69 Å². The van der Waals surface area contributed by atoms with Crippen LogP contribution in [0.15, 0.2) is 34.9 Å². The molecule has 1 amide bonds. The van der Waals surface area contributed by atoms with Crippen LogP contribution in [0.3, 0.4) is 0 Å². The highest BCUT2D eigenvalue weighted by atomic mass is 16.5. The van der Waals surface area contributed by atoms with E-state index in [0.29, 0.717) is 11.5 Å². The van der Waals surface area contributed by atoms with E-state index in [0.717, 1.165) is 5.56 Å². The van der Waals surface area contributed by atoms with Gasteiger partial charge in [0.25, 0.3) is 5.91 Å². The summed E-state index contributed by atoms with van der Waals surface area (Å²) in [7, 11) is 0. The maximum atomic E-state index is 11.9. The number of hydrogen-bond donors (Lipinski definition) is 1. The number of nitrogens with one attached hydrogen (secondary N) is 1. The molecule has 1 aromatic carbocycles. The van der Waals surface area contributed by atoms with Gasteiger partial charge in [-0.1, -0.05) is 35.0 Å². The van der Waals surface area contributed by atoms with Gasteiger partial charge in [0.2, 0.25) is 0 Å². The third kappa shape index (κ3) is 2.77. The van der Waals surface area contributed by atoms with Gasteiger partial charge in [-0.15, -0.1) is 0 Å². The molecule has 0 aliphatic carbocycles. The summed E-state index contributed by atoms with van der Waals surface area (Å²) in [5, 5.41) is 6.57. The minimum atomic E-state index is -0.222. The number of carbonyl (C=O) groups excluding carboxylic acids is 1. The largest absolute Gasteiger partial charge is 0.361 e. The summed E-state index contributed by atoms with van der Waals surface area (Å²) in [6.07, 6.45) is 0. The van der Waals surface area contributed by atoms with Gasteiger partial charge in [-0.3, -0.25) is 4.79 Å². The molecule has 0 saturated carbocycles. The van der Waals surface area contributed by atoms with Gasteiger partial charge < -0.3 is 9.84 Å². The average Bonchev–Trinajstić information content (AvgIpc) is 2.76. The van der Waals surface area contributed by atoms with Crippen LogP contribution in [0.25, 0.3) is 0 Å². The summed E-state index contributed by atoms with van der Waals surface area (Å²) >= 11 is 0. The molecule has 2 rings (SSSR count). The maximum Gasteiger partial charge on any atom is 0.273 e. The summed E-state index contributed by atoms with van der Waals surface area (Å²) in [6, 6.07) is 9.63. The van der Waals surface area contributed by atoms with E-state index in [1.165, 1.54) is 5.56 Å². The van der Waals surface area contributed by atoms with E-state index in [2.05, 4.69) is 10.5 Å². The summed E-state index contributed by atoms with van der Waals surface area (Å²) < 4.78 is 4.88. The number of benzene rings is 1. The number of carbonyl (C=O) groups is 1. The first-order valence-electron chi connectivity index (χ1n) is 5.87. The second kappa shape index (κ2) is 5.04. The van der Waals surface area contributed by atoms with E-state index in [1.54, 1.807) is 13.0 Å². The van der Waals surface area contributed by atoms with Crippen molar-refractivity contribution in [3.05, 3.63) is 52.9 Å². The monoisotopic (exact) mass is 244 g/mol. The Bertz CT molecular complexity index is 543. The first kappa shape index (κ1) is 12.4. The third-order valence-electron chi connectivity index (χ3n) is 2.79. The highest BCUT2D eigenvalue weighted by Crippen LogP contribution is 2.14. The van der Waals surface area contributed by atoms with Crippen molar-refractivity contribution in [3.63, 3.8) is 0 Å². The Morgan fingerprint density at radius 3 is 2.50 bits per heavy atom. The van der Waals surface area contributed by atoms with Gasteiger partial charge >= 0.3 is 0 Å². The number of aryl methyl sites for hydroxylation is 2. The zero-order valence-electron chi connectivity index (χ0n) is 10.7. The number of nitrogens with zero attached hydrogens (tertiary/aromatic N) is 1. The molecule has 1 atom stereocenters. The molecule has 0 spiro atoms. The zero-order valence-corrected chi connectivity index (χ0v) is 10.7. The summed E-state index contributed by atoms with van der Waals surface area (Å²) in [6.45, 7) is 5.73.